The number of hydrogen-bond acceptors (Lipinski definition) is 8. The summed E-state index contributed by atoms with van der Waals surface area (Å²) in [6.45, 7) is 7.88. The van der Waals surface area contributed by atoms with Gasteiger partial charge in [-0.05, 0) is 44.5 Å². The van der Waals surface area contributed by atoms with Gasteiger partial charge in [-0.1, -0.05) is 36.0 Å². The Hall–Kier alpha value is -5.01. The number of allylic oxidation sites excluding steroid dienone is 1. The van der Waals surface area contributed by atoms with E-state index in [4.69, 9.17) is 16.6 Å². The molecule has 11 nitrogen and oxygen atoms in total. The van der Waals surface area contributed by atoms with Gasteiger partial charge >= 0.3 is 6.18 Å². The van der Waals surface area contributed by atoms with Crippen molar-refractivity contribution in [1.82, 2.24) is 14.9 Å². The summed E-state index contributed by atoms with van der Waals surface area (Å²) in [5.41, 5.74) is 11.0. The largest absolute Gasteiger partial charge is 0.513 e. The normalized spacial score (nSPS) is 11.4. The molecule has 0 saturated heterocycles. The molecule has 0 spiro atoms. The predicted octanol–water partition coefficient (Wildman–Crippen LogP) is 3.99. The van der Waals surface area contributed by atoms with Crippen LogP contribution in [-0.2, 0) is 28.9 Å². The van der Waals surface area contributed by atoms with Gasteiger partial charge in [-0.2, -0.15) is 13.2 Å². The van der Waals surface area contributed by atoms with Crippen LogP contribution < -0.4 is 27.7 Å². The third-order valence-corrected chi connectivity index (χ3v) is 5.29. The second kappa shape index (κ2) is 14.6. The Kier molecular flexibility index (Phi) is 11.5. The molecule has 14 heteroatoms. The first-order valence-corrected chi connectivity index (χ1v) is 12.5. The molecule has 3 aromatic rings. The number of hydrogen-bond donors (Lipinski definition) is 5. The number of aliphatic hydroxyl groups excluding tert-OH is 1. The summed E-state index contributed by atoms with van der Waals surface area (Å²) in [5.74, 6) is -0.226. The number of amides is 1. The van der Waals surface area contributed by atoms with Crippen LogP contribution in [0.2, 0.25) is 0 Å². The van der Waals surface area contributed by atoms with Crippen LogP contribution in [0.3, 0.4) is 0 Å². The fourth-order valence-corrected chi connectivity index (χ4v) is 3.56. The quantitative estimate of drug-likeness (QED) is 0.0820. The molecule has 0 aliphatic carbocycles. The first kappa shape index (κ1) is 33.2. The number of alkyl halides is 3. The molecule has 3 rings (SSSR count). The van der Waals surface area contributed by atoms with Crippen LogP contribution in [0.4, 0.5) is 24.7 Å². The minimum atomic E-state index is -4.66. The zero-order chi connectivity index (χ0) is 31.6. The van der Waals surface area contributed by atoms with E-state index in [-0.39, 0.29) is 46.9 Å². The van der Waals surface area contributed by atoms with Crippen molar-refractivity contribution >= 4 is 23.2 Å². The molecule has 0 unspecified atom stereocenters. The van der Waals surface area contributed by atoms with Crippen molar-refractivity contribution in [3.8, 4) is 11.3 Å². The van der Waals surface area contributed by atoms with Gasteiger partial charge in [0.25, 0.3) is 5.56 Å². The highest BCUT2D eigenvalue weighted by atomic mass is 19.4. The molecule has 0 radical (unpaired) electrons. The maximum absolute atomic E-state index is 13.4. The lowest BCUT2D eigenvalue weighted by Gasteiger charge is -2.17. The summed E-state index contributed by atoms with van der Waals surface area (Å²) < 4.78 is 41.3. The molecular formula is C28H34F3N7O4. The maximum Gasteiger partial charge on any atom is 0.416 e. The first-order valence-electron chi connectivity index (χ1n) is 12.5. The van der Waals surface area contributed by atoms with Crippen LogP contribution in [0.1, 0.15) is 37.5 Å². The Morgan fingerprint density at radius 3 is 2.38 bits per heavy atom. The third-order valence-electron chi connectivity index (χ3n) is 5.29. The van der Waals surface area contributed by atoms with Crippen LogP contribution in [0.5, 0.6) is 0 Å². The molecule has 1 aromatic heterocycles. The zero-order valence-electron chi connectivity index (χ0n) is 23.6. The average molecular weight is 590 g/mol. The molecule has 1 amide bonds. The highest BCUT2D eigenvalue weighted by molar-refractivity contribution is 5.97. The van der Waals surface area contributed by atoms with E-state index in [0.717, 1.165) is 22.3 Å². The highest BCUT2D eigenvalue weighted by Gasteiger charge is 2.31. The molecule has 42 heavy (non-hydrogen) atoms. The SMILES string of the molecule is C=C(C)O.CO/N=C(\N)c1ccc(CNC(=O)Cn2c(-c3cc(N)cc(C(F)(F)F)c3)cnc(NC(C)C)c2=O)cc1. The zero-order valence-corrected chi connectivity index (χ0v) is 23.6. The predicted molar refractivity (Wildman–Crippen MR) is 156 cm³/mol. The number of nitrogen functional groups attached to an aromatic ring is 1. The molecule has 226 valence electrons. The molecule has 0 bridgehead atoms. The van der Waals surface area contributed by atoms with Crippen molar-refractivity contribution in [2.24, 2.45) is 10.9 Å². The van der Waals surface area contributed by atoms with Crippen molar-refractivity contribution < 1.29 is 27.9 Å². The maximum atomic E-state index is 13.4. The Bertz CT molecular complexity index is 1480. The number of nitrogens with zero attached hydrogens (tertiary/aromatic N) is 3. The van der Waals surface area contributed by atoms with Crippen molar-refractivity contribution in [2.75, 3.05) is 18.2 Å². The molecule has 0 aliphatic rings. The number of rotatable bonds is 9. The van der Waals surface area contributed by atoms with E-state index in [1.165, 1.54) is 26.3 Å². The van der Waals surface area contributed by atoms with Gasteiger partial charge in [0.05, 0.1) is 23.2 Å². The summed E-state index contributed by atoms with van der Waals surface area (Å²) in [4.78, 5) is 34.8. The van der Waals surface area contributed by atoms with Gasteiger partial charge in [0.15, 0.2) is 11.7 Å². The number of nitrogens with two attached hydrogens (primary N) is 2. The Labute approximate surface area is 240 Å². The Morgan fingerprint density at radius 1 is 1.21 bits per heavy atom. The lowest BCUT2D eigenvalue weighted by Crippen LogP contribution is -2.35. The molecular weight excluding hydrogens is 555 g/mol. The van der Waals surface area contributed by atoms with Gasteiger partial charge in [0, 0.05) is 29.4 Å². The Balaban J connectivity index is 0.00000144. The fraction of sp³-hybridized carbons (Fsp3) is 0.286. The number of carbonyl (C=O) groups excluding carboxylic acids is 1. The van der Waals surface area contributed by atoms with Gasteiger partial charge in [-0.25, -0.2) is 4.98 Å². The van der Waals surface area contributed by atoms with Gasteiger partial charge in [0.1, 0.15) is 13.7 Å². The molecule has 0 atom stereocenters. The number of aliphatic hydroxyl groups is 1. The van der Waals surface area contributed by atoms with Crippen LogP contribution in [0.25, 0.3) is 11.3 Å². The third kappa shape index (κ3) is 9.87. The van der Waals surface area contributed by atoms with E-state index in [1.807, 2.05) is 0 Å². The van der Waals surface area contributed by atoms with E-state index < -0.39 is 29.8 Å². The average Bonchev–Trinajstić information content (AvgIpc) is 2.89. The van der Waals surface area contributed by atoms with E-state index in [9.17, 15) is 22.8 Å². The van der Waals surface area contributed by atoms with Gasteiger partial charge in [-0.15, -0.1) is 0 Å². The summed E-state index contributed by atoms with van der Waals surface area (Å²) in [7, 11) is 1.38. The van der Waals surface area contributed by atoms with Gasteiger partial charge in [0.2, 0.25) is 5.91 Å². The number of amidine groups is 1. The van der Waals surface area contributed by atoms with Crippen LogP contribution >= 0.6 is 0 Å². The van der Waals surface area contributed by atoms with E-state index >= 15 is 0 Å². The molecule has 1 heterocycles. The van der Waals surface area contributed by atoms with E-state index in [0.29, 0.717) is 5.56 Å². The molecule has 2 aromatic carbocycles. The smallest absolute Gasteiger partial charge is 0.416 e. The van der Waals surface area contributed by atoms with Crippen LogP contribution in [0, 0.1) is 0 Å². The summed E-state index contributed by atoms with van der Waals surface area (Å²) in [5, 5.41) is 17.1. The summed E-state index contributed by atoms with van der Waals surface area (Å²) >= 11 is 0. The minimum absolute atomic E-state index is 0.00303. The first-order chi connectivity index (χ1) is 19.6. The number of anilines is 2. The van der Waals surface area contributed by atoms with Crippen LogP contribution in [0.15, 0.2) is 70.9 Å². The standard InChI is InChI=1S/C25H28F3N7O3.C3H6O/c1-14(2)33-23-24(37)35(20(12-32-23)17-8-18(25(26,27)28)10-19(29)9-17)13-21(36)31-11-15-4-6-16(7-5-15)22(30)34-38-3;1-3(2)4/h4-10,12,14H,11,13,29H2,1-3H3,(H2,30,34)(H,31,36)(H,32,33);4H,1H2,2H3. The summed E-state index contributed by atoms with van der Waals surface area (Å²) in [6.07, 6.45) is -3.42. The second-order valence-corrected chi connectivity index (χ2v) is 9.39. The summed E-state index contributed by atoms with van der Waals surface area (Å²) in [6, 6.07) is 9.65. The number of halogens is 3. The molecule has 0 aliphatic heterocycles. The number of oxime groups is 1. The number of aromatic nitrogens is 2. The number of benzene rings is 2. The number of nitrogens with one attached hydrogen (secondary N) is 2. The topological polar surface area (TPSA) is 170 Å². The van der Waals surface area contributed by atoms with Crippen molar-refractivity contribution in [3.05, 3.63) is 88.0 Å². The second-order valence-electron chi connectivity index (χ2n) is 9.39. The lowest BCUT2D eigenvalue weighted by atomic mass is 10.1. The molecule has 0 saturated carbocycles. The van der Waals surface area contributed by atoms with Crippen LogP contribution in [-0.4, -0.2) is 39.6 Å². The lowest BCUT2D eigenvalue weighted by molar-refractivity contribution is -0.137. The monoisotopic (exact) mass is 589 g/mol. The van der Waals surface area contributed by atoms with E-state index in [2.05, 4.69) is 32.2 Å². The van der Waals surface area contributed by atoms with Crippen molar-refractivity contribution in [3.63, 3.8) is 0 Å². The fourth-order valence-electron chi connectivity index (χ4n) is 3.56. The number of carbonyl (C=O) groups is 1. The van der Waals surface area contributed by atoms with Gasteiger partial charge < -0.3 is 32.0 Å². The van der Waals surface area contributed by atoms with Crippen molar-refractivity contribution in [1.29, 1.82) is 0 Å². The molecule has 0 fully saturated rings. The Morgan fingerprint density at radius 2 is 1.83 bits per heavy atom. The molecule has 7 N–H and O–H groups in total. The highest BCUT2D eigenvalue weighted by Crippen LogP contribution is 2.34. The minimum Gasteiger partial charge on any atom is -0.513 e. The van der Waals surface area contributed by atoms with Crippen molar-refractivity contribution in [2.45, 2.75) is 46.1 Å². The van der Waals surface area contributed by atoms with E-state index in [1.54, 1.807) is 38.1 Å². The van der Waals surface area contributed by atoms with Gasteiger partial charge in [-0.3, -0.25) is 14.2 Å².